The van der Waals surface area contributed by atoms with Gasteiger partial charge in [0.1, 0.15) is 12.3 Å². The molecular formula is C13H20N2O5. The van der Waals surface area contributed by atoms with Crippen molar-refractivity contribution in [1.29, 1.82) is 0 Å². The molecule has 0 saturated heterocycles. The largest absolute Gasteiger partial charge is 0.474 e. The summed E-state index contributed by atoms with van der Waals surface area (Å²) in [6.07, 6.45) is 1.45. The van der Waals surface area contributed by atoms with E-state index in [1.165, 1.54) is 12.3 Å². The average molecular weight is 284 g/mol. The van der Waals surface area contributed by atoms with Gasteiger partial charge >= 0.3 is 5.97 Å². The second-order valence-electron chi connectivity index (χ2n) is 3.75. The van der Waals surface area contributed by atoms with Gasteiger partial charge in [-0.2, -0.15) is 0 Å². The van der Waals surface area contributed by atoms with Crippen LogP contribution in [0.5, 0.6) is 5.88 Å². The Hall–Kier alpha value is -1.86. The highest BCUT2D eigenvalue weighted by atomic mass is 16.5. The molecule has 20 heavy (non-hydrogen) atoms. The third-order valence-electron chi connectivity index (χ3n) is 2.35. The van der Waals surface area contributed by atoms with E-state index in [2.05, 4.69) is 4.98 Å². The first-order chi connectivity index (χ1) is 9.70. The summed E-state index contributed by atoms with van der Waals surface area (Å²) in [6, 6.07) is 1.50. The Kier molecular flexibility index (Phi) is 7.38. The number of methoxy groups -OCH3 is 1. The van der Waals surface area contributed by atoms with Crippen LogP contribution in [0.3, 0.4) is 0 Å². The zero-order valence-electron chi connectivity index (χ0n) is 11.8. The number of hydrogen-bond acceptors (Lipinski definition) is 7. The molecule has 0 atom stereocenters. The highest BCUT2D eigenvalue weighted by Crippen LogP contribution is 2.22. The summed E-state index contributed by atoms with van der Waals surface area (Å²) in [5, 5.41) is 0. The van der Waals surface area contributed by atoms with Crippen molar-refractivity contribution >= 4 is 11.7 Å². The van der Waals surface area contributed by atoms with Gasteiger partial charge in [-0.25, -0.2) is 9.78 Å². The predicted octanol–water partition coefficient (Wildman–Crippen LogP) is 0.882. The van der Waals surface area contributed by atoms with Gasteiger partial charge in [0, 0.05) is 13.3 Å². The number of carbonyl (C=O) groups excluding carboxylic acids is 1. The monoisotopic (exact) mass is 284 g/mol. The highest BCUT2D eigenvalue weighted by Gasteiger charge is 2.15. The summed E-state index contributed by atoms with van der Waals surface area (Å²) in [4.78, 5) is 15.6. The first-order valence-corrected chi connectivity index (χ1v) is 6.31. The predicted molar refractivity (Wildman–Crippen MR) is 72.8 cm³/mol. The Morgan fingerprint density at radius 2 is 2.05 bits per heavy atom. The van der Waals surface area contributed by atoms with Crippen molar-refractivity contribution in [1.82, 2.24) is 4.98 Å². The van der Waals surface area contributed by atoms with Crippen LogP contribution in [0.15, 0.2) is 12.3 Å². The van der Waals surface area contributed by atoms with Crippen molar-refractivity contribution < 1.29 is 23.7 Å². The summed E-state index contributed by atoms with van der Waals surface area (Å²) >= 11 is 0. The lowest BCUT2D eigenvalue weighted by molar-refractivity contribution is 0.0520. The number of ether oxygens (including phenoxy) is 4. The van der Waals surface area contributed by atoms with Gasteiger partial charge in [-0.1, -0.05) is 0 Å². The normalized spacial score (nSPS) is 10.3. The molecule has 0 aromatic carbocycles. The summed E-state index contributed by atoms with van der Waals surface area (Å²) in [5.74, 6) is -0.292. The van der Waals surface area contributed by atoms with Crippen molar-refractivity contribution in [2.45, 2.75) is 6.92 Å². The number of aromatic nitrogens is 1. The fourth-order valence-electron chi connectivity index (χ4n) is 1.40. The average Bonchev–Trinajstić information content (AvgIpc) is 2.44. The van der Waals surface area contributed by atoms with E-state index in [1.54, 1.807) is 14.0 Å². The lowest BCUT2D eigenvalue weighted by atomic mass is 10.2. The number of anilines is 1. The molecule has 1 rings (SSSR count). The second kappa shape index (κ2) is 9.11. The third kappa shape index (κ3) is 5.02. The number of esters is 1. The van der Waals surface area contributed by atoms with E-state index in [4.69, 9.17) is 24.7 Å². The van der Waals surface area contributed by atoms with Crippen LogP contribution in [0, 0.1) is 0 Å². The van der Waals surface area contributed by atoms with Crippen LogP contribution in [-0.2, 0) is 14.2 Å². The lowest BCUT2D eigenvalue weighted by Gasteiger charge is -2.10. The van der Waals surface area contributed by atoms with Crippen molar-refractivity contribution in [3.63, 3.8) is 0 Å². The van der Waals surface area contributed by atoms with Crippen molar-refractivity contribution in [2.24, 2.45) is 0 Å². The maximum atomic E-state index is 11.6. The van der Waals surface area contributed by atoms with E-state index in [0.29, 0.717) is 19.8 Å². The molecule has 7 nitrogen and oxygen atoms in total. The Balaban J connectivity index is 2.50. The van der Waals surface area contributed by atoms with E-state index >= 15 is 0 Å². The molecule has 1 heterocycles. The van der Waals surface area contributed by atoms with Crippen molar-refractivity contribution in [3.05, 3.63) is 17.8 Å². The number of rotatable bonds is 9. The SMILES string of the molecule is CCOC(=O)c1ccnc(OCCOCCOC)c1N. The molecule has 1 aromatic rings. The van der Waals surface area contributed by atoms with Crippen molar-refractivity contribution in [3.8, 4) is 5.88 Å². The minimum Gasteiger partial charge on any atom is -0.474 e. The summed E-state index contributed by atoms with van der Waals surface area (Å²) in [7, 11) is 1.60. The topological polar surface area (TPSA) is 92.9 Å². The Bertz CT molecular complexity index is 425. The molecule has 0 unspecified atom stereocenters. The van der Waals surface area contributed by atoms with E-state index < -0.39 is 5.97 Å². The Morgan fingerprint density at radius 1 is 1.30 bits per heavy atom. The minimum absolute atomic E-state index is 0.169. The molecule has 1 aromatic heterocycles. The van der Waals surface area contributed by atoms with E-state index in [0.717, 1.165) is 0 Å². The van der Waals surface area contributed by atoms with Crippen LogP contribution >= 0.6 is 0 Å². The number of hydrogen-bond donors (Lipinski definition) is 1. The molecule has 0 saturated carbocycles. The van der Waals surface area contributed by atoms with Gasteiger partial charge in [-0.05, 0) is 13.0 Å². The summed E-state index contributed by atoms with van der Waals surface area (Å²) < 4.78 is 20.4. The molecule has 0 bridgehead atoms. The smallest absolute Gasteiger partial charge is 0.340 e. The molecule has 0 amide bonds. The fourth-order valence-corrected chi connectivity index (χ4v) is 1.40. The molecule has 0 aliphatic heterocycles. The highest BCUT2D eigenvalue weighted by molar-refractivity contribution is 5.96. The maximum Gasteiger partial charge on any atom is 0.340 e. The number of nitrogens with zero attached hydrogens (tertiary/aromatic N) is 1. The third-order valence-corrected chi connectivity index (χ3v) is 2.35. The standard InChI is InChI=1S/C13H20N2O5/c1-3-19-13(16)10-4-5-15-12(11(10)14)20-9-8-18-7-6-17-2/h4-5H,3,6-9,14H2,1-2H3. The van der Waals surface area contributed by atoms with Gasteiger partial charge in [0.25, 0.3) is 0 Å². The first kappa shape index (κ1) is 16.2. The van der Waals surface area contributed by atoms with Crippen LogP contribution < -0.4 is 10.5 Å². The lowest BCUT2D eigenvalue weighted by Crippen LogP contribution is -2.13. The zero-order valence-corrected chi connectivity index (χ0v) is 11.8. The molecular weight excluding hydrogens is 264 g/mol. The fraction of sp³-hybridized carbons (Fsp3) is 0.538. The number of nitrogen functional groups attached to an aromatic ring is 1. The minimum atomic E-state index is -0.492. The molecule has 0 radical (unpaired) electrons. The van der Waals surface area contributed by atoms with Crippen LogP contribution in [-0.4, -0.2) is 51.1 Å². The first-order valence-electron chi connectivity index (χ1n) is 6.31. The van der Waals surface area contributed by atoms with Gasteiger partial charge in [0.05, 0.1) is 32.0 Å². The zero-order chi connectivity index (χ0) is 14.8. The number of carbonyl (C=O) groups is 1. The van der Waals surface area contributed by atoms with E-state index in [-0.39, 0.29) is 30.3 Å². The summed E-state index contributed by atoms with van der Waals surface area (Å²) in [6.45, 7) is 3.69. The molecule has 0 fully saturated rings. The van der Waals surface area contributed by atoms with Crippen LogP contribution in [0.25, 0.3) is 0 Å². The van der Waals surface area contributed by atoms with Gasteiger partial charge in [0.15, 0.2) is 0 Å². The molecule has 0 aliphatic carbocycles. The van der Waals surface area contributed by atoms with Crippen LogP contribution in [0.4, 0.5) is 5.69 Å². The molecule has 112 valence electrons. The van der Waals surface area contributed by atoms with Crippen LogP contribution in [0.1, 0.15) is 17.3 Å². The quantitative estimate of drug-likeness (QED) is 0.531. The number of pyridine rings is 1. The van der Waals surface area contributed by atoms with E-state index in [9.17, 15) is 4.79 Å². The molecule has 0 aliphatic rings. The van der Waals surface area contributed by atoms with Crippen molar-refractivity contribution in [2.75, 3.05) is 45.9 Å². The molecule has 2 N–H and O–H groups in total. The molecule has 7 heteroatoms. The van der Waals surface area contributed by atoms with Gasteiger partial charge in [-0.3, -0.25) is 0 Å². The Morgan fingerprint density at radius 3 is 2.75 bits per heavy atom. The summed E-state index contributed by atoms with van der Waals surface area (Å²) in [5.41, 5.74) is 6.24. The molecule has 0 spiro atoms. The van der Waals surface area contributed by atoms with Gasteiger partial charge < -0.3 is 24.7 Å². The van der Waals surface area contributed by atoms with Crippen LogP contribution in [0.2, 0.25) is 0 Å². The second-order valence-corrected chi connectivity index (χ2v) is 3.75. The van der Waals surface area contributed by atoms with Gasteiger partial charge in [-0.15, -0.1) is 0 Å². The van der Waals surface area contributed by atoms with E-state index in [1.807, 2.05) is 0 Å². The Labute approximate surface area is 118 Å². The number of nitrogens with two attached hydrogens (primary N) is 1. The van der Waals surface area contributed by atoms with Gasteiger partial charge in [0.2, 0.25) is 5.88 Å². The maximum absolute atomic E-state index is 11.6.